The Bertz CT molecular complexity index is 600. The molecule has 0 fully saturated rings. The smallest absolute Gasteiger partial charge is 0.119 e. The zero-order valence-electron chi connectivity index (χ0n) is 13.4. The summed E-state index contributed by atoms with van der Waals surface area (Å²) in [5.41, 5.74) is 1.51. The van der Waals surface area contributed by atoms with Crippen LogP contribution in [0.2, 0.25) is 0 Å². The van der Waals surface area contributed by atoms with Crippen LogP contribution in [0.1, 0.15) is 15.2 Å². The van der Waals surface area contributed by atoms with E-state index in [-0.39, 0.29) is 23.9 Å². The summed E-state index contributed by atoms with van der Waals surface area (Å²) in [5, 5.41) is 0. The SMILES string of the molecule is [2H]c1cc(OCc2ccccc2)c([2H])c([2H])c1CCOC. The van der Waals surface area contributed by atoms with Crippen molar-refractivity contribution in [2.24, 2.45) is 0 Å². The monoisotopic (exact) mass is 245 g/mol. The minimum Gasteiger partial charge on any atom is -0.489 e. The van der Waals surface area contributed by atoms with Crippen molar-refractivity contribution < 1.29 is 13.6 Å². The molecular formula is C16H18O2. The number of hydrogen-bond donors (Lipinski definition) is 0. The van der Waals surface area contributed by atoms with E-state index in [9.17, 15) is 0 Å². The summed E-state index contributed by atoms with van der Waals surface area (Å²) >= 11 is 0. The van der Waals surface area contributed by atoms with Crippen molar-refractivity contribution in [2.45, 2.75) is 13.0 Å². The second kappa shape index (κ2) is 6.82. The maximum atomic E-state index is 8.00. The van der Waals surface area contributed by atoms with E-state index in [0.717, 1.165) is 5.56 Å². The molecule has 0 saturated heterocycles. The van der Waals surface area contributed by atoms with E-state index in [1.54, 1.807) is 7.11 Å². The third-order valence-electron chi connectivity index (χ3n) is 2.51. The second-order valence-corrected chi connectivity index (χ2v) is 3.90. The third kappa shape index (κ3) is 3.90. The number of benzene rings is 2. The molecule has 0 amide bonds. The van der Waals surface area contributed by atoms with Crippen molar-refractivity contribution >= 4 is 0 Å². The van der Waals surface area contributed by atoms with Gasteiger partial charge in [0.05, 0.1) is 10.7 Å². The van der Waals surface area contributed by atoms with Gasteiger partial charge >= 0.3 is 0 Å². The van der Waals surface area contributed by atoms with Crippen LogP contribution in [0.25, 0.3) is 0 Å². The summed E-state index contributed by atoms with van der Waals surface area (Å²) in [5.74, 6) is 0.273. The molecule has 2 aromatic carbocycles. The van der Waals surface area contributed by atoms with E-state index in [1.807, 2.05) is 30.3 Å². The molecule has 2 nitrogen and oxygen atoms in total. The van der Waals surface area contributed by atoms with E-state index in [0.29, 0.717) is 25.2 Å². The number of ether oxygens (including phenoxy) is 2. The highest BCUT2D eigenvalue weighted by Crippen LogP contribution is 2.14. The molecule has 0 N–H and O–H groups in total. The first-order chi connectivity index (χ1) is 10.1. The molecule has 0 heterocycles. The van der Waals surface area contributed by atoms with Gasteiger partial charge in [0.2, 0.25) is 0 Å². The van der Waals surface area contributed by atoms with Crippen LogP contribution in [0.5, 0.6) is 5.75 Å². The van der Waals surface area contributed by atoms with Crippen molar-refractivity contribution in [1.82, 2.24) is 0 Å². The standard InChI is InChI=1S/C16H18O2/c1-17-12-11-14-7-9-16(10-8-14)18-13-15-5-3-2-4-6-15/h2-10H,11-13H2,1H3/i7D,8D,9D. The Hall–Kier alpha value is -1.80. The lowest BCUT2D eigenvalue weighted by Crippen LogP contribution is -1.96. The normalized spacial score (nSPS) is 12.6. The van der Waals surface area contributed by atoms with E-state index in [2.05, 4.69) is 0 Å². The molecule has 0 bridgehead atoms. The zero-order chi connectivity index (χ0) is 15.2. The van der Waals surface area contributed by atoms with Crippen LogP contribution < -0.4 is 4.74 Å². The first-order valence-electron chi connectivity index (χ1n) is 7.38. The van der Waals surface area contributed by atoms with Gasteiger partial charge in [0, 0.05) is 7.11 Å². The third-order valence-corrected chi connectivity index (χ3v) is 2.51. The molecular weight excluding hydrogens is 224 g/mol. The highest BCUT2D eigenvalue weighted by molar-refractivity contribution is 5.27. The summed E-state index contributed by atoms with van der Waals surface area (Å²) in [6.07, 6.45) is 0.457. The molecule has 0 radical (unpaired) electrons. The fourth-order valence-corrected chi connectivity index (χ4v) is 1.51. The van der Waals surface area contributed by atoms with Crippen LogP contribution in [-0.4, -0.2) is 13.7 Å². The lowest BCUT2D eigenvalue weighted by atomic mass is 10.1. The van der Waals surface area contributed by atoms with Crippen LogP contribution in [0.4, 0.5) is 0 Å². The van der Waals surface area contributed by atoms with Gasteiger partial charge in [-0.1, -0.05) is 42.4 Å². The summed E-state index contributed by atoms with van der Waals surface area (Å²) < 4.78 is 34.5. The lowest BCUT2D eigenvalue weighted by molar-refractivity contribution is 0.202. The predicted molar refractivity (Wildman–Crippen MR) is 72.8 cm³/mol. The molecule has 0 saturated carbocycles. The van der Waals surface area contributed by atoms with Gasteiger partial charge in [-0.15, -0.1) is 0 Å². The molecule has 94 valence electrons. The molecule has 0 atom stereocenters. The number of hydrogen-bond acceptors (Lipinski definition) is 2. The fourth-order valence-electron chi connectivity index (χ4n) is 1.51. The summed E-state index contributed by atoms with van der Waals surface area (Å²) in [4.78, 5) is 0. The molecule has 2 heteroatoms. The van der Waals surface area contributed by atoms with Crippen molar-refractivity contribution in [2.75, 3.05) is 13.7 Å². The van der Waals surface area contributed by atoms with Crippen LogP contribution >= 0.6 is 0 Å². The molecule has 0 aliphatic rings. The van der Waals surface area contributed by atoms with Crippen molar-refractivity contribution in [1.29, 1.82) is 0 Å². The van der Waals surface area contributed by atoms with E-state index in [1.165, 1.54) is 6.07 Å². The van der Waals surface area contributed by atoms with Gasteiger partial charge in [-0.25, -0.2) is 0 Å². The van der Waals surface area contributed by atoms with E-state index in [4.69, 9.17) is 13.6 Å². The quantitative estimate of drug-likeness (QED) is 0.776. The van der Waals surface area contributed by atoms with Gasteiger partial charge in [-0.3, -0.25) is 0 Å². The van der Waals surface area contributed by atoms with Crippen molar-refractivity contribution in [3.05, 3.63) is 65.7 Å². The first-order valence-corrected chi connectivity index (χ1v) is 5.88. The minimum atomic E-state index is 0.0213. The Balaban J connectivity index is 2.17. The van der Waals surface area contributed by atoms with Gasteiger partial charge in [-0.2, -0.15) is 0 Å². The molecule has 0 aromatic heterocycles. The number of methoxy groups -OCH3 is 1. The Morgan fingerprint density at radius 1 is 1.00 bits per heavy atom. The van der Waals surface area contributed by atoms with Gasteiger partial charge in [0.15, 0.2) is 0 Å². The van der Waals surface area contributed by atoms with Gasteiger partial charge in [0.25, 0.3) is 0 Å². The van der Waals surface area contributed by atoms with Gasteiger partial charge in [-0.05, 0) is 29.7 Å². The highest BCUT2D eigenvalue weighted by Gasteiger charge is 1.97. The van der Waals surface area contributed by atoms with Gasteiger partial charge in [0.1, 0.15) is 12.4 Å². The summed E-state index contributed by atoms with van der Waals surface area (Å²) in [6, 6.07) is 11.4. The second-order valence-electron chi connectivity index (χ2n) is 3.90. The maximum absolute atomic E-state index is 8.00. The Morgan fingerprint density at radius 3 is 2.61 bits per heavy atom. The lowest BCUT2D eigenvalue weighted by Gasteiger charge is -2.07. The molecule has 2 aromatic rings. The highest BCUT2D eigenvalue weighted by atomic mass is 16.5. The molecule has 0 spiro atoms. The van der Waals surface area contributed by atoms with Crippen molar-refractivity contribution in [3.8, 4) is 5.75 Å². The fraction of sp³-hybridized carbons (Fsp3) is 0.250. The molecule has 0 aliphatic carbocycles. The zero-order valence-corrected chi connectivity index (χ0v) is 10.4. The average Bonchev–Trinajstić information content (AvgIpc) is 2.50. The minimum absolute atomic E-state index is 0.0213. The largest absolute Gasteiger partial charge is 0.489 e. The maximum Gasteiger partial charge on any atom is 0.119 e. The Labute approximate surface area is 112 Å². The summed E-state index contributed by atoms with van der Waals surface area (Å²) in [7, 11) is 1.58. The van der Waals surface area contributed by atoms with Gasteiger partial charge < -0.3 is 9.47 Å². The Kier molecular flexibility index (Phi) is 3.48. The number of rotatable bonds is 6. The van der Waals surface area contributed by atoms with Crippen LogP contribution in [0.15, 0.2) is 54.5 Å². The summed E-state index contributed by atoms with van der Waals surface area (Å²) in [6.45, 7) is 0.754. The molecule has 18 heavy (non-hydrogen) atoms. The van der Waals surface area contributed by atoms with Crippen LogP contribution in [-0.2, 0) is 17.8 Å². The van der Waals surface area contributed by atoms with E-state index < -0.39 is 0 Å². The van der Waals surface area contributed by atoms with Crippen LogP contribution in [0, 0.1) is 0 Å². The van der Waals surface area contributed by atoms with Crippen molar-refractivity contribution in [3.63, 3.8) is 0 Å². The van der Waals surface area contributed by atoms with E-state index >= 15 is 0 Å². The molecule has 0 unspecified atom stereocenters. The molecule has 0 aliphatic heterocycles. The molecule has 2 rings (SSSR count). The first kappa shape index (κ1) is 9.17. The average molecular weight is 245 g/mol. The predicted octanol–water partition coefficient (Wildman–Crippen LogP) is 3.45. The van der Waals surface area contributed by atoms with Crippen LogP contribution in [0.3, 0.4) is 0 Å². The Morgan fingerprint density at radius 2 is 1.83 bits per heavy atom. The topological polar surface area (TPSA) is 18.5 Å².